The number of aryl methyl sites for hydroxylation is 2. The van der Waals surface area contributed by atoms with E-state index in [9.17, 15) is 13.2 Å². The lowest BCUT2D eigenvalue weighted by Gasteiger charge is -2.05. The van der Waals surface area contributed by atoms with Crippen LogP contribution in [0.5, 0.6) is 0 Å². The molecule has 14 heavy (non-hydrogen) atoms. The molecule has 0 amide bonds. The molecule has 0 bridgehead atoms. The first kappa shape index (κ1) is 11.2. The van der Waals surface area contributed by atoms with E-state index in [4.69, 9.17) is 12.2 Å². The van der Waals surface area contributed by atoms with Gasteiger partial charge in [-0.2, -0.15) is 13.2 Å². The molecule has 1 aromatic rings. The monoisotopic (exact) mass is 222 g/mol. The summed E-state index contributed by atoms with van der Waals surface area (Å²) in [6.45, 7) is 1.73. The minimum Gasteiger partial charge on any atom is -0.347 e. The van der Waals surface area contributed by atoms with Crippen molar-refractivity contribution in [1.29, 1.82) is 0 Å². The lowest BCUT2D eigenvalue weighted by atomic mass is 10.3. The molecular weight excluding hydrogens is 213 g/mol. The quantitative estimate of drug-likeness (QED) is 0.779. The zero-order valence-corrected chi connectivity index (χ0v) is 8.30. The molecule has 0 fully saturated rings. The number of hydrogen-bond acceptors (Lipinski definition) is 2. The molecule has 1 N–H and O–H groups in total. The number of H-pyrrole nitrogens is 1. The van der Waals surface area contributed by atoms with Gasteiger partial charge in [0, 0.05) is 12.1 Å². The highest BCUT2D eigenvalue weighted by molar-refractivity contribution is 7.71. The van der Waals surface area contributed by atoms with Crippen LogP contribution in [0.15, 0.2) is 6.07 Å². The van der Waals surface area contributed by atoms with E-state index < -0.39 is 12.6 Å². The Morgan fingerprint density at radius 3 is 2.64 bits per heavy atom. The molecule has 0 radical (unpaired) electrons. The second-order valence-corrected chi connectivity index (χ2v) is 3.38. The van der Waals surface area contributed by atoms with Gasteiger partial charge in [-0.25, -0.2) is 4.98 Å². The Labute approximate surface area is 84.2 Å². The molecule has 0 atom stereocenters. The number of nitrogens with zero attached hydrogens (tertiary/aromatic N) is 1. The van der Waals surface area contributed by atoms with Crippen LogP contribution >= 0.6 is 12.2 Å². The van der Waals surface area contributed by atoms with Crippen molar-refractivity contribution in [1.82, 2.24) is 9.97 Å². The smallest absolute Gasteiger partial charge is 0.347 e. The first-order valence-electron chi connectivity index (χ1n) is 4.00. The molecule has 2 nitrogen and oxygen atoms in total. The molecule has 78 valence electrons. The third-order valence-electron chi connectivity index (χ3n) is 1.57. The van der Waals surface area contributed by atoms with Gasteiger partial charge in [-0.3, -0.25) is 0 Å². The first-order valence-corrected chi connectivity index (χ1v) is 4.41. The second kappa shape index (κ2) is 4.08. The van der Waals surface area contributed by atoms with E-state index in [0.29, 0.717) is 4.64 Å². The summed E-state index contributed by atoms with van der Waals surface area (Å²) in [5, 5.41) is 0. The van der Waals surface area contributed by atoms with Crippen molar-refractivity contribution < 1.29 is 13.2 Å². The average molecular weight is 222 g/mol. The number of halogens is 3. The predicted octanol–water partition coefficient (Wildman–Crippen LogP) is 2.94. The van der Waals surface area contributed by atoms with Crippen LogP contribution in [0.25, 0.3) is 0 Å². The summed E-state index contributed by atoms with van der Waals surface area (Å²) >= 11 is 4.78. The predicted molar refractivity (Wildman–Crippen MR) is 48.5 cm³/mol. The SMILES string of the molecule is Cc1cc(=S)nc(CCC(F)(F)F)[nH]1. The molecule has 0 aliphatic rings. The fourth-order valence-corrected chi connectivity index (χ4v) is 1.31. The number of aromatic nitrogens is 2. The molecule has 0 aromatic carbocycles. The summed E-state index contributed by atoms with van der Waals surface area (Å²) in [6, 6.07) is 1.60. The van der Waals surface area contributed by atoms with Crippen molar-refractivity contribution in [2.45, 2.75) is 25.9 Å². The number of aromatic amines is 1. The fraction of sp³-hybridized carbons (Fsp3) is 0.500. The Morgan fingerprint density at radius 1 is 1.50 bits per heavy atom. The maximum absolute atomic E-state index is 11.9. The van der Waals surface area contributed by atoms with Crippen molar-refractivity contribution >= 4 is 12.2 Å². The van der Waals surface area contributed by atoms with E-state index in [2.05, 4.69) is 9.97 Å². The van der Waals surface area contributed by atoms with Gasteiger partial charge in [0.25, 0.3) is 0 Å². The van der Waals surface area contributed by atoms with Crippen LogP contribution in [-0.2, 0) is 6.42 Å². The summed E-state index contributed by atoms with van der Waals surface area (Å²) in [5.41, 5.74) is 0.724. The Kier molecular flexibility index (Phi) is 3.25. The molecule has 0 aliphatic carbocycles. The van der Waals surface area contributed by atoms with Crippen LogP contribution in [0.3, 0.4) is 0 Å². The van der Waals surface area contributed by atoms with Crippen molar-refractivity contribution in [3.63, 3.8) is 0 Å². The van der Waals surface area contributed by atoms with E-state index in [1.807, 2.05) is 0 Å². The van der Waals surface area contributed by atoms with Crippen LogP contribution in [0.4, 0.5) is 13.2 Å². The largest absolute Gasteiger partial charge is 0.389 e. The topological polar surface area (TPSA) is 28.7 Å². The van der Waals surface area contributed by atoms with Crippen molar-refractivity contribution in [3.8, 4) is 0 Å². The van der Waals surface area contributed by atoms with E-state index in [-0.39, 0.29) is 12.2 Å². The summed E-state index contributed by atoms with van der Waals surface area (Å²) in [5.74, 6) is 0.285. The normalized spacial score (nSPS) is 11.7. The van der Waals surface area contributed by atoms with Crippen LogP contribution in [0, 0.1) is 11.6 Å². The zero-order valence-electron chi connectivity index (χ0n) is 7.48. The summed E-state index contributed by atoms with van der Waals surface area (Å²) in [4.78, 5) is 6.54. The van der Waals surface area contributed by atoms with Gasteiger partial charge < -0.3 is 4.98 Å². The second-order valence-electron chi connectivity index (χ2n) is 2.96. The number of hydrogen-bond donors (Lipinski definition) is 1. The molecule has 1 heterocycles. The maximum Gasteiger partial charge on any atom is 0.389 e. The van der Waals surface area contributed by atoms with Crippen molar-refractivity contribution in [2.24, 2.45) is 0 Å². The summed E-state index contributed by atoms with van der Waals surface area (Å²) < 4.78 is 35.9. The number of nitrogens with one attached hydrogen (secondary N) is 1. The Hall–Kier alpha value is -0.910. The first-order chi connectivity index (χ1) is 6.37. The van der Waals surface area contributed by atoms with E-state index in [1.54, 1.807) is 13.0 Å². The van der Waals surface area contributed by atoms with Crippen LogP contribution in [0.2, 0.25) is 0 Å². The van der Waals surface area contributed by atoms with Gasteiger partial charge in [-0.05, 0) is 13.0 Å². The molecule has 0 saturated heterocycles. The van der Waals surface area contributed by atoms with Crippen molar-refractivity contribution in [2.75, 3.05) is 0 Å². The third kappa shape index (κ3) is 3.87. The number of rotatable bonds is 2. The van der Waals surface area contributed by atoms with Gasteiger partial charge in [0.05, 0.1) is 6.42 Å². The molecule has 1 aromatic heterocycles. The summed E-state index contributed by atoms with van der Waals surface area (Å²) in [7, 11) is 0. The molecular formula is C8H9F3N2S. The van der Waals surface area contributed by atoms with E-state index in [1.165, 1.54) is 0 Å². The Morgan fingerprint density at radius 2 is 2.14 bits per heavy atom. The fourth-order valence-electron chi connectivity index (χ4n) is 1.02. The van der Waals surface area contributed by atoms with Gasteiger partial charge in [0.1, 0.15) is 10.5 Å². The highest BCUT2D eigenvalue weighted by atomic mass is 32.1. The zero-order chi connectivity index (χ0) is 10.8. The minimum atomic E-state index is -4.15. The molecule has 6 heteroatoms. The Balaban J connectivity index is 2.73. The molecule has 0 saturated carbocycles. The number of alkyl halides is 3. The lowest BCUT2D eigenvalue weighted by molar-refractivity contribution is -0.134. The van der Waals surface area contributed by atoms with Crippen LogP contribution in [0.1, 0.15) is 17.9 Å². The average Bonchev–Trinajstić information content (AvgIpc) is 1.97. The van der Waals surface area contributed by atoms with E-state index in [0.717, 1.165) is 5.69 Å². The molecule has 1 rings (SSSR count). The van der Waals surface area contributed by atoms with Gasteiger partial charge in [0.2, 0.25) is 0 Å². The minimum absolute atomic E-state index is 0.158. The molecule has 0 spiro atoms. The molecule has 0 aliphatic heterocycles. The van der Waals surface area contributed by atoms with Gasteiger partial charge >= 0.3 is 6.18 Å². The van der Waals surface area contributed by atoms with Gasteiger partial charge in [-0.15, -0.1) is 0 Å². The highest BCUT2D eigenvalue weighted by Gasteiger charge is 2.26. The van der Waals surface area contributed by atoms with Crippen molar-refractivity contribution in [3.05, 3.63) is 22.2 Å². The lowest BCUT2D eigenvalue weighted by Crippen LogP contribution is -2.10. The van der Waals surface area contributed by atoms with Gasteiger partial charge in [0.15, 0.2) is 0 Å². The van der Waals surface area contributed by atoms with Gasteiger partial charge in [-0.1, -0.05) is 12.2 Å². The summed E-state index contributed by atoms with van der Waals surface area (Å²) in [6.07, 6.45) is -5.19. The van der Waals surface area contributed by atoms with Crippen LogP contribution in [-0.4, -0.2) is 16.1 Å². The third-order valence-corrected chi connectivity index (χ3v) is 1.78. The standard InChI is InChI=1S/C8H9F3N2S/c1-5-4-7(14)13-6(12-5)2-3-8(9,10)11/h4H,2-3H2,1H3,(H,12,13,14). The maximum atomic E-state index is 11.9. The molecule has 0 unspecified atom stereocenters. The Bertz CT molecular complexity index is 370. The van der Waals surface area contributed by atoms with Crippen LogP contribution < -0.4 is 0 Å². The highest BCUT2D eigenvalue weighted by Crippen LogP contribution is 2.20. The van der Waals surface area contributed by atoms with E-state index >= 15 is 0 Å².